The molecule has 0 aromatic heterocycles. The Morgan fingerprint density at radius 2 is 1.62 bits per heavy atom. The van der Waals surface area contributed by atoms with Crippen molar-refractivity contribution in [2.24, 2.45) is 0 Å². The van der Waals surface area contributed by atoms with Crippen molar-refractivity contribution in [2.45, 2.75) is 58.3 Å². The van der Waals surface area contributed by atoms with E-state index in [1.54, 1.807) is 0 Å². The molecule has 1 aromatic carbocycles. The number of rotatable bonds is 9. The molecule has 0 N–H and O–H groups in total. The Bertz CT molecular complexity index is 588. The lowest BCUT2D eigenvalue weighted by Crippen LogP contribution is -2.10. The average Bonchev–Trinajstić information content (AvgIpc) is 2.57. The van der Waals surface area contributed by atoms with Gasteiger partial charge in [-0.15, -0.1) is 11.8 Å². The van der Waals surface area contributed by atoms with Crippen LogP contribution in [0.3, 0.4) is 0 Å². The minimum absolute atomic E-state index is 0.138. The molecule has 0 atom stereocenters. The van der Waals surface area contributed by atoms with Gasteiger partial charge in [0.05, 0.1) is 12.2 Å². The third-order valence-electron chi connectivity index (χ3n) is 3.49. The molecule has 0 saturated heterocycles. The Hall–Kier alpha value is -1.96. The topological polar surface area (TPSA) is 26.3 Å². The molecule has 0 spiro atoms. The lowest BCUT2D eigenvalue weighted by Gasteiger charge is -2.06. The number of unbranched alkanes of at least 4 members (excludes halogenated alkanes) is 6. The summed E-state index contributed by atoms with van der Waals surface area (Å²) in [4.78, 5) is 11.6. The summed E-state index contributed by atoms with van der Waals surface area (Å²) >= 11 is 0. The van der Waals surface area contributed by atoms with Crippen LogP contribution < -0.4 is 0 Å². The number of hydrogen-bond acceptors (Lipinski definition) is 2. The van der Waals surface area contributed by atoms with E-state index in [9.17, 15) is 18.0 Å². The third kappa shape index (κ3) is 7.08. The zero-order valence-electron chi connectivity index (χ0n) is 14.0. The van der Waals surface area contributed by atoms with Crippen LogP contribution in [0, 0.1) is 29.3 Å². The molecule has 2 nitrogen and oxygen atoms in total. The zero-order valence-corrected chi connectivity index (χ0v) is 14.0. The highest BCUT2D eigenvalue weighted by molar-refractivity contribution is 5.89. The summed E-state index contributed by atoms with van der Waals surface area (Å²) in [7, 11) is 0. The number of hydrogen-bond donors (Lipinski definition) is 0. The van der Waals surface area contributed by atoms with Crippen molar-refractivity contribution in [3.05, 3.63) is 35.1 Å². The summed E-state index contributed by atoms with van der Waals surface area (Å²) in [6.07, 6.45) is 7.73. The van der Waals surface area contributed by atoms with Crippen LogP contribution in [-0.4, -0.2) is 12.6 Å². The lowest BCUT2D eigenvalue weighted by atomic mass is 10.1. The largest absolute Gasteiger partial charge is 0.462 e. The van der Waals surface area contributed by atoms with E-state index in [4.69, 9.17) is 4.74 Å². The van der Waals surface area contributed by atoms with Gasteiger partial charge < -0.3 is 4.74 Å². The lowest BCUT2D eigenvalue weighted by molar-refractivity contribution is 0.0491. The Morgan fingerprint density at radius 3 is 2.33 bits per heavy atom. The van der Waals surface area contributed by atoms with E-state index in [2.05, 4.69) is 11.8 Å². The van der Waals surface area contributed by atoms with E-state index in [-0.39, 0.29) is 6.61 Å². The van der Waals surface area contributed by atoms with Gasteiger partial charge in [0, 0.05) is 12.8 Å². The molecule has 0 aliphatic carbocycles. The van der Waals surface area contributed by atoms with E-state index in [1.807, 2.05) is 6.92 Å². The molecule has 132 valence electrons. The predicted octanol–water partition coefficient (Wildman–Crippen LogP) is 5.40. The quantitative estimate of drug-likeness (QED) is 0.260. The highest BCUT2D eigenvalue weighted by atomic mass is 19.2. The summed E-state index contributed by atoms with van der Waals surface area (Å²) in [6.45, 7) is 2.17. The van der Waals surface area contributed by atoms with E-state index < -0.39 is 29.0 Å². The summed E-state index contributed by atoms with van der Waals surface area (Å²) in [6, 6.07) is 1.59. The highest BCUT2D eigenvalue weighted by Crippen LogP contribution is 2.16. The Morgan fingerprint density at radius 1 is 0.958 bits per heavy atom. The number of halogens is 3. The van der Waals surface area contributed by atoms with Gasteiger partial charge in [-0.3, -0.25) is 0 Å². The highest BCUT2D eigenvalue weighted by Gasteiger charge is 2.19. The van der Waals surface area contributed by atoms with Crippen LogP contribution in [-0.2, 0) is 4.74 Å². The van der Waals surface area contributed by atoms with Crippen LogP contribution in [0.4, 0.5) is 13.2 Å². The van der Waals surface area contributed by atoms with Crippen LogP contribution >= 0.6 is 0 Å². The molecule has 0 radical (unpaired) electrons. The summed E-state index contributed by atoms with van der Waals surface area (Å²) in [5.41, 5.74) is -0.581. The SMILES string of the molecule is CCC#CCCCCCCCCOC(=O)c1ccc(F)c(F)c1F. The Kier molecular flexibility index (Phi) is 9.67. The second kappa shape index (κ2) is 11.6. The van der Waals surface area contributed by atoms with Crippen molar-refractivity contribution < 1.29 is 22.7 Å². The first kappa shape index (κ1) is 20.1. The first-order valence-electron chi connectivity index (χ1n) is 8.34. The first-order valence-corrected chi connectivity index (χ1v) is 8.34. The van der Waals surface area contributed by atoms with Gasteiger partial charge in [0.1, 0.15) is 0 Å². The number of ether oxygens (including phenoxy) is 1. The van der Waals surface area contributed by atoms with Gasteiger partial charge in [0.2, 0.25) is 0 Å². The molecule has 0 amide bonds. The molecule has 0 fully saturated rings. The van der Waals surface area contributed by atoms with Gasteiger partial charge >= 0.3 is 5.97 Å². The monoisotopic (exact) mass is 340 g/mol. The molecule has 5 heteroatoms. The fourth-order valence-electron chi connectivity index (χ4n) is 2.16. The van der Waals surface area contributed by atoms with Crippen molar-refractivity contribution in [2.75, 3.05) is 6.61 Å². The van der Waals surface area contributed by atoms with E-state index in [0.29, 0.717) is 12.5 Å². The third-order valence-corrected chi connectivity index (χ3v) is 3.49. The van der Waals surface area contributed by atoms with E-state index in [0.717, 1.165) is 51.0 Å². The van der Waals surface area contributed by atoms with Gasteiger partial charge in [0.25, 0.3) is 0 Å². The van der Waals surface area contributed by atoms with E-state index >= 15 is 0 Å². The van der Waals surface area contributed by atoms with E-state index in [1.165, 1.54) is 0 Å². The van der Waals surface area contributed by atoms with Gasteiger partial charge in [0.15, 0.2) is 17.5 Å². The van der Waals surface area contributed by atoms with Crippen molar-refractivity contribution in [3.8, 4) is 11.8 Å². The van der Waals surface area contributed by atoms with Gasteiger partial charge in [-0.1, -0.05) is 32.6 Å². The van der Waals surface area contributed by atoms with Crippen molar-refractivity contribution in [3.63, 3.8) is 0 Å². The number of benzene rings is 1. The fraction of sp³-hybridized carbons (Fsp3) is 0.526. The molecule has 1 aromatic rings. The van der Waals surface area contributed by atoms with Gasteiger partial charge in [-0.05, 0) is 25.0 Å². The Labute approximate surface area is 141 Å². The van der Waals surface area contributed by atoms with Crippen LogP contribution in [0.5, 0.6) is 0 Å². The fourth-order valence-corrected chi connectivity index (χ4v) is 2.16. The van der Waals surface area contributed by atoms with Crippen LogP contribution in [0.2, 0.25) is 0 Å². The number of carbonyl (C=O) groups is 1. The average molecular weight is 340 g/mol. The van der Waals surface area contributed by atoms with Crippen LogP contribution in [0.25, 0.3) is 0 Å². The summed E-state index contributed by atoms with van der Waals surface area (Å²) < 4.78 is 44.1. The molecule has 0 unspecified atom stereocenters. The molecule has 24 heavy (non-hydrogen) atoms. The maximum absolute atomic E-state index is 13.4. The second-order valence-corrected chi connectivity index (χ2v) is 5.44. The van der Waals surface area contributed by atoms with Gasteiger partial charge in [-0.25, -0.2) is 18.0 Å². The minimum atomic E-state index is -1.66. The molecular weight excluding hydrogens is 317 g/mol. The van der Waals surface area contributed by atoms with Crippen molar-refractivity contribution >= 4 is 5.97 Å². The van der Waals surface area contributed by atoms with Gasteiger partial charge in [-0.2, -0.15) is 0 Å². The zero-order chi connectivity index (χ0) is 17.8. The maximum Gasteiger partial charge on any atom is 0.341 e. The molecule has 1 rings (SSSR count). The van der Waals surface area contributed by atoms with Crippen molar-refractivity contribution in [1.29, 1.82) is 0 Å². The molecule has 0 aliphatic rings. The molecule has 0 heterocycles. The normalized spacial score (nSPS) is 10.2. The smallest absolute Gasteiger partial charge is 0.341 e. The molecule has 0 aliphatic heterocycles. The standard InChI is InChI=1S/C19H23F3O2/c1-2-3-4-5-6-7-8-9-10-11-14-24-19(23)15-12-13-16(20)18(22)17(15)21/h12-13H,2,5-11,14H2,1H3. The second-order valence-electron chi connectivity index (χ2n) is 5.44. The molecular formula is C19H23F3O2. The summed E-state index contributed by atoms with van der Waals surface area (Å²) in [5, 5.41) is 0. The first-order chi connectivity index (χ1) is 11.6. The van der Waals surface area contributed by atoms with Crippen molar-refractivity contribution in [1.82, 2.24) is 0 Å². The molecule has 0 saturated carbocycles. The number of esters is 1. The Balaban J connectivity index is 2.13. The number of carbonyl (C=O) groups excluding carboxylic acids is 1. The molecule has 0 bridgehead atoms. The minimum Gasteiger partial charge on any atom is -0.462 e. The maximum atomic E-state index is 13.4. The predicted molar refractivity (Wildman–Crippen MR) is 87.0 cm³/mol. The van der Waals surface area contributed by atoms with Crippen LogP contribution in [0.1, 0.15) is 68.6 Å². The summed E-state index contributed by atoms with van der Waals surface area (Å²) in [5.74, 6) is 0.662. The van der Waals surface area contributed by atoms with Crippen LogP contribution in [0.15, 0.2) is 12.1 Å².